The van der Waals surface area contributed by atoms with Gasteiger partial charge < -0.3 is 5.73 Å². The largest absolute Gasteiger partial charge is 0.398 e. The van der Waals surface area contributed by atoms with Crippen molar-refractivity contribution in [1.82, 2.24) is 9.78 Å². The molecule has 15 heavy (non-hydrogen) atoms. The minimum Gasteiger partial charge on any atom is -0.398 e. The van der Waals surface area contributed by atoms with Gasteiger partial charge in [0.15, 0.2) is 0 Å². The Labute approximate surface area is 89.5 Å². The molecule has 3 heteroatoms. The van der Waals surface area contributed by atoms with Crippen LogP contribution in [0.1, 0.15) is 12.5 Å². The van der Waals surface area contributed by atoms with E-state index in [0.717, 1.165) is 28.9 Å². The molecule has 0 amide bonds. The van der Waals surface area contributed by atoms with Crippen LogP contribution in [-0.2, 0) is 6.54 Å². The molecule has 0 unspecified atom stereocenters. The van der Waals surface area contributed by atoms with Crippen molar-refractivity contribution < 1.29 is 0 Å². The molecule has 0 saturated heterocycles. The van der Waals surface area contributed by atoms with Crippen molar-refractivity contribution in [2.24, 2.45) is 0 Å². The molecule has 0 spiro atoms. The van der Waals surface area contributed by atoms with Gasteiger partial charge in [-0.15, -0.1) is 0 Å². The third-order valence-electron chi connectivity index (χ3n) is 2.57. The van der Waals surface area contributed by atoms with Gasteiger partial charge in [-0.1, -0.05) is 12.1 Å². The Morgan fingerprint density at radius 2 is 2.13 bits per heavy atom. The first-order chi connectivity index (χ1) is 7.20. The lowest BCUT2D eigenvalue weighted by atomic mass is 10.1. The first kappa shape index (κ1) is 9.77. The summed E-state index contributed by atoms with van der Waals surface area (Å²) in [6.45, 7) is 4.97. The van der Waals surface area contributed by atoms with Gasteiger partial charge >= 0.3 is 0 Å². The number of nitrogens with two attached hydrogens (primary N) is 1. The van der Waals surface area contributed by atoms with E-state index in [1.54, 1.807) is 0 Å². The average molecular weight is 201 g/mol. The van der Waals surface area contributed by atoms with Crippen molar-refractivity contribution in [3.63, 3.8) is 0 Å². The van der Waals surface area contributed by atoms with Crippen molar-refractivity contribution in [1.29, 1.82) is 0 Å². The summed E-state index contributed by atoms with van der Waals surface area (Å²) in [5, 5.41) is 4.24. The average Bonchev–Trinajstić information content (AvgIpc) is 2.70. The summed E-state index contributed by atoms with van der Waals surface area (Å²) in [5.74, 6) is 0. The molecular formula is C12H15N3. The number of hydrogen-bond donors (Lipinski definition) is 1. The molecule has 0 atom stereocenters. The molecular weight excluding hydrogens is 186 g/mol. The van der Waals surface area contributed by atoms with Gasteiger partial charge in [-0.3, -0.25) is 4.68 Å². The Kier molecular flexibility index (Phi) is 2.46. The zero-order valence-corrected chi connectivity index (χ0v) is 9.07. The number of nitrogen functional groups attached to an aromatic ring is 1. The molecule has 1 aromatic carbocycles. The van der Waals surface area contributed by atoms with E-state index < -0.39 is 0 Å². The Balaban J connectivity index is 2.40. The molecule has 0 fully saturated rings. The van der Waals surface area contributed by atoms with Crippen LogP contribution in [-0.4, -0.2) is 9.78 Å². The molecule has 78 valence electrons. The molecule has 2 aromatic rings. The van der Waals surface area contributed by atoms with E-state index in [9.17, 15) is 0 Å². The van der Waals surface area contributed by atoms with E-state index in [0.29, 0.717) is 0 Å². The molecule has 2 N–H and O–H groups in total. The molecule has 1 aromatic heterocycles. The first-order valence-corrected chi connectivity index (χ1v) is 5.09. The Bertz CT molecular complexity index is 471. The fourth-order valence-corrected chi connectivity index (χ4v) is 1.51. The lowest BCUT2D eigenvalue weighted by Crippen LogP contribution is -1.92. The molecule has 0 aliphatic carbocycles. The van der Waals surface area contributed by atoms with Crippen molar-refractivity contribution in [2.45, 2.75) is 20.4 Å². The topological polar surface area (TPSA) is 43.8 Å². The van der Waals surface area contributed by atoms with Gasteiger partial charge in [0.05, 0.1) is 6.20 Å². The lowest BCUT2D eigenvalue weighted by molar-refractivity contribution is 0.660. The van der Waals surface area contributed by atoms with Crippen LogP contribution in [0.5, 0.6) is 0 Å². The van der Waals surface area contributed by atoms with Crippen molar-refractivity contribution in [2.75, 3.05) is 5.73 Å². The highest BCUT2D eigenvalue weighted by Gasteiger charge is 2.02. The number of rotatable bonds is 2. The van der Waals surface area contributed by atoms with Gasteiger partial charge in [0, 0.05) is 24.0 Å². The van der Waals surface area contributed by atoms with Crippen LogP contribution in [0.2, 0.25) is 0 Å². The van der Waals surface area contributed by atoms with Gasteiger partial charge in [-0.25, -0.2) is 0 Å². The highest BCUT2D eigenvalue weighted by molar-refractivity contribution is 5.67. The Hall–Kier alpha value is -1.77. The highest BCUT2D eigenvalue weighted by Crippen LogP contribution is 2.22. The van der Waals surface area contributed by atoms with Crippen LogP contribution in [0.15, 0.2) is 30.6 Å². The predicted octanol–water partition coefficient (Wildman–Crippen LogP) is 2.46. The van der Waals surface area contributed by atoms with Gasteiger partial charge in [0.25, 0.3) is 0 Å². The molecule has 2 rings (SSSR count). The zero-order chi connectivity index (χ0) is 10.8. The van der Waals surface area contributed by atoms with E-state index in [1.165, 1.54) is 0 Å². The Morgan fingerprint density at radius 3 is 2.73 bits per heavy atom. The van der Waals surface area contributed by atoms with Crippen LogP contribution in [0.25, 0.3) is 11.1 Å². The monoisotopic (exact) mass is 201 g/mol. The minimum absolute atomic E-state index is 0.830. The summed E-state index contributed by atoms with van der Waals surface area (Å²) in [5.41, 5.74) is 10.1. The zero-order valence-electron chi connectivity index (χ0n) is 9.07. The normalized spacial score (nSPS) is 10.5. The molecule has 0 aliphatic heterocycles. The number of aromatic nitrogens is 2. The van der Waals surface area contributed by atoms with E-state index in [4.69, 9.17) is 5.73 Å². The van der Waals surface area contributed by atoms with Crippen LogP contribution in [0.3, 0.4) is 0 Å². The number of anilines is 1. The molecule has 0 radical (unpaired) electrons. The van der Waals surface area contributed by atoms with Crippen LogP contribution >= 0.6 is 0 Å². The molecule has 3 nitrogen and oxygen atoms in total. The summed E-state index contributed by atoms with van der Waals surface area (Å²) in [6, 6.07) is 6.10. The van der Waals surface area contributed by atoms with Crippen molar-refractivity contribution in [3.8, 4) is 11.1 Å². The third kappa shape index (κ3) is 1.86. The van der Waals surface area contributed by atoms with Gasteiger partial charge in [-0.05, 0) is 31.0 Å². The van der Waals surface area contributed by atoms with E-state index in [2.05, 4.69) is 18.1 Å². The van der Waals surface area contributed by atoms with E-state index in [1.807, 2.05) is 36.1 Å². The first-order valence-electron chi connectivity index (χ1n) is 5.09. The van der Waals surface area contributed by atoms with E-state index >= 15 is 0 Å². The maximum atomic E-state index is 5.87. The van der Waals surface area contributed by atoms with Crippen LogP contribution < -0.4 is 5.73 Å². The fourth-order valence-electron chi connectivity index (χ4n) is 1.51. The standard InChI is InChI=1S/C12H15N3/c1-3-15-8-11(7-14-15)10-5-4-9(2)12(13)6-10/h4-8H,3,13H2,1-2H3. The van der Waals surface area contributed by atoms with Crippen molar-refractivity contribution >= 4 is 5.69 Å². The quantitative estimate of drug-likeness (QED) is 0.758. The number of aryl methyl sites for hydroxylation is 2. The molecule has 0 aliphatic rings. The van der Waals surface area contributed by atoms with Gasteiger partial charge in [-0.2, -0.15) is 5.10 Å². The van der Waals surface area contributed by atoms with Gasteiger partial charge in [0.1, 0.15) is 0 Å². The second-order valence-electron chi connectivity index (χ2n) is 3.66. The maximum absolute atomic E-state index is 5.87. The molecule has 0 saturated carbocycles. The molecule has 0 bridgehead atoms. The second kappa shape index (κ2) is 3.77. The number of benzene rings is 1. The fraction of sp³-hybridized carbons (Fsp3) is 0.250. The SMILES string of the molecule is CCn1cc(-c2ccc(C)c(N)c2)cn1. The third-order valence-corrected chi connectivity index (χ3v) is 2.57. The number of nitrogens with zero attached hydrogens (tertiary/aromatic N) is 2. The highest BCUT2D eigenvalue weighted by atomic mass is 15.3. The summed E-state index contributed by atoms with van der Waals surface area (Å²) in [4.78, 5) is 0. The summed E-state index contributed by atoms with van der Waals surface area (Å²) < 4.78 is 1.91. The maximum Gasteiger partial charge on any atom is 0.0568 e. The molecule has 1 heterocycles. The Morgan fingerprint density at radius 1 is 1.33 bits per heavy atom. The minimum atomic E-state index is 0.830. The van der Waals surface area contributed by atoms with E-state index in [-0.39, 0.29) is 0 Å². The lowest BCUT2D eigenvalue weighted by Gasteiger charge is -2.02. The van der Waals surface area contributed by atoms with Crippen LogP contribution in [0.4, 0.5) is 5.69 Å². The number of hydrogen-bond acceptors (Lipinski definition) is 2. The predicted molar refractivity (Wildman–Crippen MR) is 62.5 cm³/mol. The summed E-state index contributed by atoms with van der Waals surface area (Å²) in [6.07, 6.45) is 3.90. The van der Waals surface area contributed by atoms with Crippen molar-refractivity contribution in [3.05, 3.63) is 36.2 Å². The summed E-state index contributed by atoms with van der Waals surface area (Å²) in [7, 11) is 0. The smallest absolute Gasteiger partial charge is 0.0568 e. The van der Waals surface area contributed by atoms with Gasteiger partial charge in [0.2, 0.25) is 0 Å². The van der Waals surface area contributed by atoms with Crippen LogP contribution in [0, 0.1) is 6.92 Å². The summed E-state index contributed by atoms with van der Waals surface area (Å²) >= 11 is 0. The second-order valence-corrected chi connectivity index (χ2v) is 3.66.